The quantitative estimate of drug-likeness (QED) is 0.725. The van der Waals surface area contributed by atoms with Crippen molar-refractivity contribution < 1.29 is 5.11 Å². The highest BCUT2D eigenvalue weighted by Crippen LogP contribution is 2.23. The Balaban J connectivity index is 1.99. The molecule has 0 spiro atoms. The summed E-state index contributed by atoms with van der Waals surface area (Å²) in [6.07, 6.45) is 3.81. The Morgan fingerprint density at radius 3 is 3.00 bits per heavy atom. The van der Waals surface area contributed by atoms with E-state index in [9.17, 15) is 5.11 Å². The first-order chi connectivity index (χ1) is 9.59. The summed E-state index contributed by atoms with van der Waals surface area (Å²) in [4.78, 5) is 4.75. The summed E-state index contributed by atoms with van der Waals surface area (Å²) < 4.78 is 1.67. The molecule has 3 heterocycles. The van der Waals surface area contributed by atoms with Crippen LogP contribution >= 0.6 is 11.3 Å². The third-order valence-corrected chi connectivity index (χ3v) is 3.82. The standard InChI is InChI=1S/C12H14N6OS/c1-12(19,7-13)5-9-17-18-10(15-16-11(18)20-9)8-3-2-4-14-6-8/h2-4,6,19H,5,7,13H2,1H3. The van der Waals surface area contributed by atoms with Gasteiger partial charge in [-0.1, -0.05) is 11.3 Å². The van der Waals surface area contributed by atoms with Gasteiger partial charge in [-0.2, -0.15) is 9.61 Å². The first-order valence-electron chi connectivity index (χ1n) is 6.13. The lowest BCUT2D eigenvalue weighted by atomic mass is 10.0. The third kappa shape index (κ3) is 2.40. The molecule has 3 aromatic heterocycles. The fourth-order valence-corrected chi connectivity index (χ4v) is 2.81. The molecule has 8 heteroatoms. The zero-order chi connectivity index (χ0) is 14.2. The minimum atomic E-state index is -0.961. The fourth-order valence-electron chi connectivity index (χ4n) is 1.80. The smallest absolute Gasteiger partial charge is 0.234 e. The van der Waals surface area contributed by atoms with E-state index in [1.165, 1.54) is 11.3 Å². The number of fused-ring (bicyclic) bond motifs is 1. The molecule has 1 unspecified atom stereocenters. The lowest BCUT2D eigenvalue weighted by Crippen LogP contribution is -2.36. The van der Waals surface area contributed by atoms with E-state index in [1.807, 2.05) is 12.1 Å². The summed E-state index contributed by atoms with van der Waals surface area (Å²) in [5, 5.41) is 23.5. The molecule has 0 bridgehead atoms. The van der Waals surface area contributed by atoms with Crippen molar-refractivity contribution in [3.63, 3.8) is 0 Å². The highest BCUT2D eigenvalue weighted by atomic mass is 32.1. The summed E-state index contributed by atoms with van der Waals surface area (Å²) in [6.45, 7) is 1.88. The predicted molar refractivity (Wildman–Crippen MR) is 75.3 cm³/mol. The van der Waals surface area contributed by atoms with Gasteiger partial charge in [0.2, 0.25) is 4.96 Å². The molecule has 0 aliphatic rings. The number of hydrogen-bond acceptors (Lipinski definition) is 7. The van der Waals surface area contributed by atoms with Crippen LogP contribution in [0.1, 0.15) is 11.9 Å². The van der Waals surface area contributed by atoms with Crippen molar-refractivity contribution >= 4 is 16.3 Å². The maximum Gasteiger partial charge on any atom is 0.234 e. The Morgan fingerprint density at radius 1 is 1.45 bits per heavy atom. The van der Waals surface area contributed by atoms with Crippen LogP contribution in [0.5, 0.6) is 0 Å². The van der Waals surface area contributed by atoms with Crippen LogP contribution in [0.2, 0.25) is 0 Å². The lowest BCUT2D eigenvalue weighted by molar-refractivity contribution is 0.0694. The van der Waals surface area contributed by atoms with Crippen LogP contribution in [0.25, 0.3) is 16.3 Å². The van der Waals surface area contributed by atoms with Crippen molar-refractivity contribution in [1.82, 2.24) is 24.8 Å². The molecule has 7 nitrogen and oxygen atoms in total. The third-order valence-electron chi connectivity index (χ3n) is 2.92. The first kappa shape index (κ1) is 13.1. The van der Waals surface area contributed by atoms with Gasteiger partial charge in [-0.25, -0.2) is 0 Å². The van der Waals surface area contributed by atoms with Crippen LogP contribution in [0.15, 0.2) is 24.5 Å². The SMILES string of the molecule is CC(O)(CN)Cc1nn2c(-c3cccnc3)nnc2s1. The molecule has 0 aromatic carbocycles. The molecule has 0 saturated carbocycles. The Kier molecular flexibility index (Phi) is 3.20. The lowest BCUT2D eigenvalue weighted by Gasteiger charge is -2.18. The molecular formula is C12H14N6OS. The van der Waals surface area contributed by atoms with Gasteiger partial charge in [-0.3, -0.25) is 4.98 Å². The molecule has 0 aliphatic carbocycles. The second-order valence-corrected chi connectivity index (χ2v) is 5.87. The van der Waals surface area contributed by atoms with E-state index in [1.54, 1.807) is 23.8 Å². The highest BCUT2D eigenvalue weighted by molar-refractivity contribution is 7.16. The monoisotopic (exact) mass is 290 g/mol. The average Bonchev–Trinajstić information content (AvgIpc) is 2.99. The molecule has 0 radical (unpaired) electrons. The number of hydrogen-bond donors (Lipinski definition) is 2. The Labute approximate surface area is 119 Å². The van der Waals surface area contributed by atoms with Gasteiger partial charge in [0.1, 0.15) is 5.01 Å². The van der Waals surface area contributed by atoms with Crippen molar-refractivity contribution in [2.45, 2.75) is 18.9 Å². The number of nitrogens with zero attached hydrogens (tertiary/aromatic N) is 5. The van der Waals surface area contributed by atoms with Gasteiger partial charge in [0, 0.05) is 30.9 Å². The molecule has 3 N–H and O–H groups in total. The van der Waals surface area contributed by atoms with Gasteiger partial charge >= 0.3 is 0 Å². The number of aliphatic hydroxyl groups is 1. The molecular weight excluding hydrogens is 276 g/mol. The van der Waals surface area contributed by atoms with Crippen molar-refractivity contribution in [3.8, 4) is 11.4 Å². The van der Waals surface area contributed by atoms with E-state index in [0.29, 0.717) is 17.2 Å². The Morgan fingerprint density at radius 2 is 2.30 bits per heavy atom. The first-order valence-corrected chi connectivity index (χ1v) is 6.95. The summed E-state index contributed by atoms with van der Waals surface area (Å²) in [5.74, 6) is 0.642. The van der Waals surface area contributed by atoms with Gasteiger partial charge in [-0.15, -0.1) is 10.2 Å². The maximum absolute atomic E-state index is 10.0. The average molecular weight is 290 g/mol. The molecule has 3 rings (SSSR count). The van der Waals surface area contributed by atoms with Crippen LogP contribution in [-0.4, -0.2) is 42.0 Å². The Hall–Kier alpha value is -1.90. The zero-order valence-electron chi connectivity index (χ0n) is 10.9. The van der Waals surface area contributed by atoms with E-state index < -0.39 is 5.60 Å². The van der Waals surface area contributed by atoms with E-state index in [-0.39, 0.29) is 6.54 Å². The summed E-state index contributed by atoms with van der Waals surface area (Å²) in [5.41, 5.74) is 5.42. The minimum absolute atomic E-state index is 0.183. The molecule has 0 saturated heterocycles. The van der Waals surface area contributed by atoms with Gasteiger partial charge in [0.15, 0.2) is 5.82 Å². The van der Waals surface area contributed by atoms with Crippen molar-refractivity contribution in [1.29, 1.82) is 0 Å². The number of aromatic nitrogens is 5. The number of nitrogens with two attached hydrogens (primary N) is 1. The van der Waals surface area contributed by atoms with Crippen molar-refractivity contribution in [2.75, 3.05) is 6.54 Å². The van der Waals surface area contributed by atoms with E-state index in [0.717, 1.165) is 10.6 Å². The fraction of sp³-hybridized carbons (Fsp3) is 0.333. The molecule has 104 valence electrons. The molecule has 20 heavy (non-hydrogen) atoms. The zero-order valence-corrected chi connectivity index (χ0v) is 11.7. The largest absolute Gasteiger partial charge is 0.388 e. The van der Waals surface area contributed by atoms with Crippen LogP contribution < -0.4 is 5.73 Å². The van der Waals surface area contributed by atoms with E-state index >= 15 is 0 Å². The summed E-state index contributed by atoms with van der Waals surface area (Å²) >= 11 is 1.40. The molecule has 3 aromatic rings. The highest BCUT2D eigenvalue weighted by Gasteiger charge is 2.22. The molecule has 0 fully saturated rings. The van der Waals surface area contributed by atoms with Crippen LogP contribution in [0, 0.1) is 0 Å². The second kappa shape index (κ2) is 4.89. The van der Waals surface area contributed by atoms with Crippen LogP contribution in [-0.2, 0) is 6.42 Å². The van der Waals surface area contributed by atoms with Crippen LogP contribution in [0.3, 0.4) is 0 Å². The predicted octanol–water partition coefficient (Wildman–Crippen LogP) is 0.500. The summed E-state index contributed by atoms with van der Waals surface area (Å²) in [6, 6.07) is 3.74. The molecule has 1 atom stereocenters. The Bertz CT molecular complexity index is 720. The van der Waals surface area contributed by atoms with Crippen molar-refractivity contribution in [3.05, 3.63) is 29.5 Å². The summed E-state index contributed by atoms with van der Waals surface area (Å²) in [7, 11) is 0. The van der Waals surface area contributed by atoms with Gasteiger partial charge in [-0.05, 0) is 19.1 Å². The number of pyridine rings is 1. The minimum Gasteiger partial charge on any atom is -0.388 e. The van der Waals surface area contributed by atoms with Crippen LogP contribution in [0.4, 0.5) is 0 Å². The van der Waals surface area contributed by atoms with Gasteiger partial charge in [0.25, 0.3) is 0 Å². The molecule has 0 aliphatic heterocycles. The van der Waals surface area contributed by atoms with Gasteiger partial charge < -0.3 is 10.8 Å². The topological polar surface area (TPSA) is 102 Å². The molecule has 0 amide bonds. The maximum atomic E-state index is 10.0. The number of rotatable bonds is 4. The normalized spacial score (nSPS) is 14.6. The van der Waals surface area contributed by atoms with E-state index in [4.69, 9.17) is 5.73 Å². The van der Waals surface area contributed by atoms with Crippen molar-refractivity contribution in [2.24, 2.45) is 5.73 Å². The second-order valence-electron chi connectivity index (χ2n) is 4.83. The van der Waals surface area contributed by atoms with Gasteiger partial charge in [0.05, 0.1) is 5.60 Å². The van der Waals surface area contributed by atoms with E-state index in [2.05, 4.69) is 20.3 Å².